The van der Waals surface area contributed by atoms with Gasteiger partial charge in [-0.05, 0) is 67.3 Å². The van der Waals surface area contributed by atoms with Gasteiger partial charge in [-0.3, -0.25) is 4.79 Å². The number of benzene rings is 2. The first-order chi connectivity index (χ1) is 14.6. The highest BCUT2D eigenvalue weighted by molar-refractivity contribution is 6.30. The summed E-state index contributed by atoms with van der Waals surface area (Å²) >= 11 is 5.93. The maximum absolute atomic E-state index is 12.6. The zero-order valence-electron chi connectivity index (χ0n) is 16.8. The van der Waals surface area contributed by atoms with Crippen LogP contribution in [0.3, 0.4) is 0 Å². The van der Waals surface area contributed by atoms with Crippen LogP contribution in [-0.4, -0.2) is 28.3 Å². The second-order valence-electron chi connectivity index (χ2n) is 8.35. The van der Waals surface area contributed by atoms with Gasteiger partial charge in [-0.15, -0.1) is 5.10 Å². The number of hydrogen-bond donors (Lipinski definition) is 1. The molecule has 5 nitrogen and oxygen atoms in total. The molecule has 6 heteroatoms. The number of carbonyl (C=O) groups excluding carboxylic acids is 1. The Morgan fingerprint density at radius 2 is 1.90 bits per heavy atom. The van der Waals surface area contributed by atoms with Crippen LogP contribution in [0.1, 0.15) is 36.5 Å². The fraction of sp³-hybridized carbons (Fsp3) is 0.375. The third-order valence-electron chi connectivity index (χ3n) is 6.61. The molecule has 1 heterocycles. The normalized spacial score (nSPS) is 25.5. The van der Waals surface area contributed by atoms with Crippen LogP contribution >= 0.6 is 11.6 Å². The van der Waals surface area contributed by atoms with Crippen LogP contribution in [0.2, 0.25) is 5.02 Å². The summed E-state index contributed by atoms with van der Waals surface area (Å²) in [5, 5.41) is 14.2. The number of fused-ring (bicyclic) bond motifs is 2. The van der Waals surface area contributed by atoms with E-state index in [1.165, 1.54) is 0 Å². The van der Waals surface area contributed by atoms with Crippen LogP contribution in [0.25, 0.3) is 10.8 Å². The molecule has 1 N–H and O–H groups in total. The third-order valence-corrected chi connectivity index (χ3v) is 6.86. The van der Waals surface area contributed by atoms with E-state index in [9.17, 15) is 4.79 Å². The van der Waals surface area contributed by atoms with Gasteiger partial charge in [0.05, 0.1) is 6.20 Å². The summed E-state index contributed by atoms with van der Waals surface area (Å²) in [5.74, 6) is 2.34. The zero-order chi connectivity index (χ0) is 20.7. The van der Waals surface area contributed by atoms with E-state index in [1.807, 2.05) is 24.3 Å². The average Bonchev–Trinajstić information content (AvgIpc) is 3.26. The van der Waals surface area contributed by atoms with Crippen molar-refractivity contribution in [3.63, 3.8) is 0 Å². The first-order valence-corrected chi connectivity index (χ1v) is 11.0. The quantitative estimate of drug-likeness (QED) is 0.615. The second-order valence-corrected chi connectivity index (χ2v) is 8.78. The van der Waals surface area contributed by atoms with Crippen molar-refractivity contribution in [3.8, 4) is 5.88 Å². The molecule has 3 atom stereocenters. The van der Waals surface area contributed by atoms with Gasteiger partial charge in [0.2, 0.25) is 5.88 Å². The molecule has 1 aromatic heterocycles. The van der Waals surface area contributed by atoms with Gasteiger partial charge in [0.15, 0.2) is 0 Å². The number of amides is 1. The molecule has 2 aromatic carbocycles. The molecule has 154 valence electrons. The van der Waals surface area contributed by atoms with E-state index < -0.39 is 0 Å². The van der Waals surface area contributed by atoms with Gasteiger partial charge in [-0.1, -0.05) is 36.7 Å². The number of nitrogens with zero attached hydrogens (tertiary/aromatic N) is 2. The highest BCUT2D eigenvalue weighted by Crippen LogP contribution is 2.60. The van der Waals surface area contributed by atoms with Crippen molar-refractivity contribution >= 4 is 28.3 Å². The summed E-state index contributed by atoms with van der Waals surface area (Å²) in [6, 6.07) is 15.3. The Balaban J connectivity index is 1.20. The molecule has 0 saturated heterocycles. The summed E-state index contributed by atoms with van der Waals surface area (Å²) in [6.07, 6.45) is 4.87. The molecule has 2 aliphatic carbocycles. The molecule has 0 spiro atoms. The number of rotatable bonds is 6. The third kappa shape index (κ3) is 3.63. The highest BCUT2D eigenvalue weighted by atomic mass is 35.5. The standard InChI is InChI=1S/C24H24ClN3O2/c1-2-21(27-23(29)14-7-9-16(25)10-8-14)22-19-11-17(12-20(19)22)30-24-18-6-4-3-5-15(18)13-26-28-24/h3-10,13,17,19-22H,2,11-12H2,1H3,(H,27,29). The lowest BCUT2D eigenvalue weighted by molar-refractivity contribution is 0.0924. The fourth-order valence-electron chi connectivity index (χ4n) is 5.10. The number of aromatic nitrogens is 2. The summed E-state index contributed by atoms with van der Waals surface area (Å²) in [7, 11) is 0. The van der Waals surface area contributed by atoms with E-state index in [4.69, 9.17) is 16.3 Å². The maximum atomic E-state index is 12.6. The lowest BCUT2D eigenvalue weighted by atomic mass is 10.00. The molecule has 2 saturated carbocycles. The smallest absolute Gasteiger partial charge is 0.251 e. The molecule has 5 rings (SSSR count). The molecular formula is C24H24ClN3O2. The van der Waals surface area contributed by atoms with Crippen LogP contribution in [-0.2, 0) is 0 Å². The van der Waals surface area contributed by atoms with Crippen LogP contribution < -0.4 is 10.1 Å². The minimum Gasteiger partial charge on any atom is -0.473 e. The van der Waals surface area contributed by atoms with Gasteiger partial charge in [-0.2, -0.15) is 5.10 Å². The Kier molecular flexibility index (Phi) is 5.07. The van der Waals surface area contributed by atoms with Gasteiger partial charge in [-0.25, -0.2) is 0 Å². The molecule has 2 fully saturated rings. The van der Waals surface area contributed by atoms with Gasteiger partial charge in [0.1, 0.15) is 6.10 Å². The largest absolute Gasteiger partial charge is 0.473 e. The van der Waals surface area contributed by atoms with Crippen LogP contribution in [0.15, 0.2) is 54.7 Å². The van der Waals surface area contributed by atoms with E-state index in [1.54, 1.807) is 30.5 Å². The molecule has 30 heavy (non-hydrogen) atoms. The summed E-state index contributed by atoms with van der Waals surface area (Å²) < 4.78 is 6.24. The van der Waals surface area contributed by atoms with Gasteiger partial charge < -0.3 is 10.1 Å². The van der Waals surface area contributed by atoms with E-state index in [2.05, 4.69) is 22.4 Å². The Morgan fingerprint density at radius 1 is 1.17 bits per heavy atom. The molecule has 0 aliphatic heterocycles. The summed E-state index contributed by atoms with van der Waals surface area (Å²) in [5.41, 5.74) is 0.652. The maximum Gasteiger partial charge on any atom is 0.251 e. The van der Waals surface area contributed by atoms with Crippen molar-refractivity contribution in [1.29, 1.82) is 0 Å². The molecule has 2 aliphatic rings. The van der Waals surface area contributed by atoms with E-state index in [-0.39, 0.29) is 18.1 Å². The topological polar surface area (TPSA) is 64.1 Å². The van der Waals surface area contributed by atoms with Crippen molar-refractivity contribution in [2.45, 2.75) is 38.3 Å². The van der Waals surface area contributed by atoms with Crippen molar-refractivity contribution in [2.75, 3.05) is 0 Å². The molecule has 0 bridgehead atoms. The molecular weight excluding hydrogens is 398 g/mol. The van der Waals surface area contributed by atoms with Gasteiger partial charge in [0, 0.05) is 27.4 Å². The van der Waals surface area contributed by atoms with Crippen molar-refractivity contribution in [2.24, 2.45) is 17.8 Å². The first-order valence-electron chi connectivity index (χ1n) is 10.6. The second kappa shape index (κ2) is 7.88. The monoisotopic (exact) mass is 421 g/mol. The van der Waals surface area contributed by atoms with E-state index >= 15 is 0 Å². The molecule has 1 amide bonds. The van der Waals surface area contributed by atoms with Crippen LogP contribution in [0, 0.1) is 17.8 Å². The fourth-order valence-corrected chi connectivity index (χ4v) is 5.23. The van der Waals surface area contributed by atoms with E-state index in [0.29, 0.717) is 34.2 Å². The summed E-state index contributed by atoms with van der Waals surface area (Å²) in [6.45, 7) is 2.14. The number of hydrogen-bond acceptors (Lipinski definition) is 4. The molecule has 0 radical (unpaired) electrons. The molecule has 3 aromatic rings. The number of halogens is 1. The molecule has 3 unspecified atom stereocenters. The Bertz CT molecular complexity index is 1050. The van der Waals surface area contributed by atoms with Crippen LogP contribution in [0.5, 0.6) is 5.88 Å². The van der Waals surface area contributed by atoms with Crippen molar-refractivity contribution in [1.82, 2.24) is 15.5 Å². The van der Waals surface area contributed by atoms with Crippen LogP contribution in [0.4, 0.5) is 0 Å². The van der Waals surface area contributed by atoms with Crippen molar-refractivity contribution in [3.05, 3.63) is 65.3 Å². The SMILES string of the molecule is CCC(NC(=O)c1ccc(Cl)cc1)C1C2CC(Oc3nncc4ccccc34)CC21. The predicted molar refractivity (Wildman–Crippen MR) is 117 cm³/mol. The average molecular weight is 422 g/mol. The minimum atomic E-state index is -0.0256. The Labute approximate surface area is 180 Å². The van der Waals surface area contributed by atoms with Crippen molar-refractivity contribution < 1.29 is 9.53 Å². The number of carbonyl (C=O) groups is 1. The lowest BCUT2D eigenvalue weighted by Gasteiger charge is -2.22. The number of ether oxygens (including phenoxy) is 1. The van der Waals surface area contributed by atoms with Gasteiger partial charge >= 0.3 is 0 Å². The highest BCUT2D eigenvalue weighted by Gasteiger charge is 2.59. The lowest BCUT2D eigenvalue weighted by Crippen LogP contribution is -2.37. The minimum absolute atomic E-state index is 0.0256. The first kappa shape index (κ1) is 19.3. The predicted octanol–water partition coefficient (Wildman–Crippen LogP) is 4.90. The van der Waals surface area contributed by atoms with E-state index in [0.717, 1.165) is 30.0 Å². The zero-order valence-corrected chi connectivity index (χ0v) is 17.5. The summed E-state index contributed by atoms with van der Waals surface area (Å²) in [4.78, 5) is 12.6. The number of nitrogens with one attached hydrogen (secondary N) is 1. The Hall–Kier alpha value is -2.66. The van der Waals surface area contributed by atoms with Gasteiger partial charge in [0.25, 0.3) is 5.91 Å². The Morgan fingerprint density at radius 3 is 2.63 bits per heavy atom.